The van der Waals surface area contributed by atoms with Crippen molar-refractivity contribution in [1.82, 2.24) is 15.0 Å². The van der Waals surface area contributed by atoms with Crippen LogP contribution in [0.15, 0.2) is 48.7 Å². The van der Waals surface area contributed by atoms with Crippen molar-refractivity contribution in [3.63, 3.8) is 0 Å². The fourth-order valence-electron chi connectivity index (χ4n) is 3.11. The zero-order valence-electron chi connectivity index (χ0n) is 14.5. The Morgan fingerprint density at radius 1 is 1.11 bits per heavy atom. The lowest BCUT2D eigenvalue weighted by molar-refractivity contribution is -0.198. The molecule has 1 aliphatic heterocycles. The van der Waals surface area contributed by atoms with Crippen molar-refractivity contribution in [2.45, 2.75) is 37.8 Å². The van der Waals surface area contributed by atoms with Gasteiger partial charge >= 0.3 is 0 Å². The molecule has 0 spiro atoms. The first-order valence-electron chi connectivity index (χ1n) is 8.70. The van der Waals surface area contributed by atoms with E-state index in [1.165, 1.54) is 10.1 Å². The number of halogens is 1. The fourth-order valence-corrected chi connectivity index (χ4v) is 3.11. The van der Waals surface area contributed by atoms with Gasteiger partial charge < -0.3 is 19.7 Å². The number of hydrogen-bond donors (Lipinski definition) is 2. The third-order valence-corrected chi connectivity index (χ3v) is 4.59. The summed E-state index contributed by atoms with van der Waals surface area (Å²) in [5.41, 5.74) is 1.59. The van der Waals surface area contributed by atoms with Crippen LogP contribution in [0.1, 0.15) is 17.5 Å². The number of alkyl halides is 1. The molecule has 2 N–H and O–H groups in total. The molecule has 2 heterocycles. The molecule has 1 fully saturated rings. The highest BCUT2D eigenvalue weighted by Gasteiger charge is 2.40. The summed E-state index contributed by atoms with van der Waals surface area (Å²) in [4.78, 5) is 0. The normalized spacial score (nSPS) is 25.7. The molecule has 0 bridgehead atoms. The van der Waals surface area contributed by atoms with Gasteiger partial charge in [-0.25, -0.2) is 9.07 Å². The Kier molecular flexibility index (Phi) is 5.13. The second-order valence-corrected chi connectivity index (χ2v) is 6.59. The Balaban J connectivity index is 1.35. The van der Waals surface area contributed by atoms with Crippen molar-refractivity contribution in [2.24, 2.45) is 0 Å². The lowest BCUT2D eigenvalue weighted by Gasteiger charge is -2.33. The summed E-state index contributed by atoms with van der Waals surface area (Å²) in [7, 11) is 0. The molecule has 3 aromatic rings. The van der Waals surface area contributed by atoms with Crippen LogP contribution in [0.3, 0.4) is 0 Å². The van der Waals surface area contributed by atoms with E-state index >= 15 is 0 Å². The number of aliphatic hydroxyl groups excluding tert-OH is 2. The summed E-state index contributed by atoms with van der Waals surface area (Å²) in [6.45, 7) is 0.336. The fraction of sp³-hybridized carbons (Fsp3) is 0.368. The van der Waals surface area contributed by atoms with Gasteiger partial charge in [-0.1, -0.05) is 41.6 Å². The van der Waals surface area contributed by atoms with Crippen LogP contribution >= 0.6 is 0 Å². The van der Waals surface area contributed by atoms with E-state index in [9.17, 15) is 14.6 Å². The Bertz CT molecular complexity index is 919. The molecule has 1 aromatic heterocycles. The summed E-state index contributed by atoms with van der Waals surface area (Å²) in [5.74, 6) is 0. The molecule has 0 amide bonds. The predicted molar refractivity (Wildman–Crippen MR) is 94.4 cm³/mol. The van der Waals surface area contributed by atoms with Crippen LogP contribution in [0.2, 0.25) is 0 Å². The first-order chi connectivity index (χ1) is 13.1. The molecule has 7 nitrogen and oxygen atoms in total. The molecule has 142 valence electrons. The minimum atomic E-state index is -1.62. The van der Waals surface area contributed by atoms with Crippen LogP contribution in [0, 0.1) is 0 Å². The molecule has 2 aromatic carbocycles. The van der Waals surface area contributed by atoms with Gasteiger partial charge in [0, 0.05) is 0 Å². The van der Waals surface area contributed by atoms with Gasteiger partial charge in [0.25, 0.3) is 0 Å². The predicted octanol–water partition coefficient (Wildman–Crippen LogP) is 1.74. The van der Waals surface area contributed by atoms with Crippen LogP contribution < -0.4 is 0 Å². The van der Waals surface area contributed by atoms with Crippen molar-refractivity contribution >= 4 is 10.8 Å². The molecule has 27 heavy (non-hydrogen) atoms. The molecule has 1 saturated heterocycles. The minimum Gasteiger partial charge on any atom is -0.387 e. The lowest BCUT2D eigenvalue weighted by atomic mass is 10.1. The summed E-state index contributed by atoms with van der Waals surface area (Å²) in [6.07, 6.45) is -3.97. The monoisotopic (exact) mass is 373 g/mol. The van der Waals surface area contributed by atoms with Crippen LogP contribution in [0.5, 0.6) is 0 Å². The summed E-state index contributed by atoms with van der Waals surface area (Å²) >= 11 is 0. The summed E-state index contributed by atoms with van der Waals surface area (Å²) < 4.78 is 25.5. The molecule has 0 radical (unpaired) electrons. The van der Waals surface area contributed by atoms with Gasteiger partial charge in [0.15, 0.2) is 12.4 Å². The standard InChI is InChI=1S/C19H20FN3O4/c20-16-11-27-19(18(25)17(16)24)23-8-15(21-22-23)10-26-9-12-5-6-13-3-1-2-4-14(13)7-12/h1-8,16-19,24-25H,9-11H2/t16-,17+,18-,19-/m1/s1. The van der Waals surface area contributed by atoms with E-state index < -0.39 is 24.6 Å². The highest BCUT2D eigenvalue weighted by atomic mass is 19.1. The number of aliphatic hydroxyl groups is 2. The van der Waals surface area contributed by atoms with Crippen molar-refractivity contribution in [2.75, 3.05) is 6.61 Å². The maximum atomic E-state index is 13.3. The van der Waals surface area contributed by atoms with Gasteiger partial charge in [-0.05, 0) is 22.4 Å². The SMILES string of the molecule is O[C@@H]1[C@@H](O)[C@H](n2cc(COCc3ccc4ccccc4c3)nn2)OC[C@H]1F. The molecule has 0 unspecified atom stereocenters. The number of fused-ring (bicyclic) bond motifs is 1. The van der Waals surface area contributed by atoms with E-state index in [1.54, 1.807) is 6.20 Å². The number of rotatable bonds is 5. The average Bonchev–Trinajstić information content (AvgIpc) is 3.15. The molecule has 4 atom stereocenters. The molecule has 0 aliphatic carbocycles. The van der Waals surface area contributed by atoms with Gasteiger partial charge in [0.05, 0.1) is 26.0 Å². The minimum absolute atomic E-state index is 0.226. The number of benzene rings is 2. The maximum absolute atomic E-state index is 13.3. The zero-order chi connectivity index (χ0) is 18.8. The van der Waals surface area contributed by atoms with Crippen LogP contribution in [0.25, 0.3) is 10.8 Å². The molecule has 8 heteroatoms. The Morgan fingerprint density at radius 2 is 1.93 bits per heavy atom. The average molecular weight is 373 g/mol. The van der Waals surface area contributed by atoms with Crippen molar-refractivity contribution in [1.29, 1.82) is 0 Å². The highest BCUT2D eigenvalue weighted by molar-refractivity contribution is 5.82. The Labute approximate surface area is 154 Å². The number of nitrogens with zero attached hydrogens (tertiary/aromatic N) is 3. The summed E-state index contributed by atoms with van der Waals surface area (Å²) in [5, 5.41) is 29.8. The Morgan fingerprint density at radius 3 is 2.78 bits per heavy atom. The van der Waals surface area contributed by atoms with E-state index in [2.05, 4.69) is 34.6 Å². The molecule has 0 saturated carbocycles. The lowest BCUT2D eigenvalue weighted by Crippen LogP contribution is -2.49. The maximum Gasteiger partial charge on any atom is 0.180 e. The summed E-state index contributed by atoms with van der Waals surface area (Å²) in [6, 6.07) is 14.2. The van der Waals surface area contributed by atoms with Gasteiger partial charge in [0.2, 0.25) is 0 Å². The van der Waals surface area contributed by atoms with Gasteiger partial charge in [-0.3, -0.25) is 0 Å². The molecular weight excluding hydrogens is 353 g/mol. The van der Waals surface area contributed by atoms with Gasteiger partial charge in [-0.15, -0.1) is 5.10 Å². The first-order valence-corrected chi connectivity index (χ1v) is 8.70. The quantitative estimate of drug-likeness (QED) is 0.708. The van der Waals surface area contributed by atoms with Crippen LogP contribution in [0.4, 0.5) is 4.39 Å². The topological polar surface area (TPSA) is 89.6 Å². The smallest absolute Gasteiger partial charge is 0.180 e. The number of ether oxygens (including phenoxy) is 2. The zero-order valence-corrected chi connectivity index (χ0v) is 14.5. The van der Waals surface area contributed by atoms with Gasteiger partial charge in [-0.2, -0.15) is 0 Å². The van der Waals surface area contributed by atoms with Gasteiger partial charge in [0.1, 0.15) is 17.9 Å². The van der Waals surface area contributed by atoms with Crippen molar-refractivity contribution in [3.8, 4) is 0 Å². The van der Waals surface area contributed by atoms with E-state index in [0.717, 1.165) is 10.9 Å². The number of hydrogen-bond acceptors (Lipinski definition) is 6. The second kappa shape index (κ2) is 7.69. The molecular formula is C19H20FN3O4. The van der Waals surface area contributed by atoms with E-state index in [0.29, 0.717) is 12.3 Å². The van der Waals surface area contributed by atoms with Crippen molar-refractivity contribution in [3.05, 3.63) is 59.9 Å². The largest absolute Gasteiger partial charge is 0.387 e. The van der Waals surface area contributed by atoms with E-state index in [-0.39, 0.29) is 13.2 Å². The van der Waals surface area contributed by atoms with E-state index in [4.69, 9.17) is 9.47 Å². The highest BCUT2D eigenvalue weighted by Crippen LogP contribution is 2.25. The third kappa shape index (κ3) is 3.84. The third-order valence-electron chi connectivity index (χ3n) is 4.59. The Hall–Kier alpha value is -2.39. The number of aromatic nitrogens is 3. The van der Waals surface area contributed by atoms with E-state index in [1.807, 2.05) is 18.2 Å². The van der Waals surface area contributed by atoms with Crippen LogP contribution in [-0.2, 0) is 22.7 Å². The molecule has 1 aliphatic rings. The van der Waals surface area contributed by atoms with Crippen LogP contribution in [-0.4, -0.2) is 50.2 Å². The van der Waals surface area contributed by atoms with Crippen molar-refractivity contribution < 1.29 is 24.1 Å². The molecule has 4 rings (SSSR count). The second-order valence-electron chi connectivity index (χ2n) is 6.59. The first kappa shape index (κ1) is 18.0.